The van der Waals surface area contributed by atoms with E-state index in [0.717, 1.165) is 22.6 Å². The number of aliphatic imine (C=N–C) groups is 1. The van der Waals surface area contributed by atoms with E-state index in [1.54, 1.807) is 7.11 Å². The van der Waals surface area contributed by atoms with Crippen molar-refractivity contribution in [3.8, 4) is 5.75 Å². The average Bonchev–Trinajstić information content (AvgIpc) is 2.90. The second kappa shape index (κ2) is 6.71. The summed E-state index contributed by atoms with van der Waals surface area (Å²) in [5.41, 5.74) is 2.88. The molecule has 0 aromatic heterocycles. The van der Waals surface area contributed by atoms with Crippen molar-refractivity contribution >= 4 is 34.6 Å². The van der Waals surface area contributed by atoms with E-state index in [4.69, 9.17) is 4.74 Å². The number of carbonyl (C=O) groups is 1. The number of amidine groups is 1. The van der Waals surface area contributed by atoms with Crippen LogP contribution >= 0.6 is 11.8 Å². The third-order valence-electron chi connectivity index (χ3n) is 3.40. The highest BCUT2D eigenvalue weighted by Crippen LogP contribution is 2.29. The summed E-state index contributed by atoms with van der Waals surface area (Å²) >= 11 is 1.35. The molecule has 1 saturated heterocycles. The van der Waals surface area contributed by atoms with E-state index in [1.165, 1.54) is 11.8 Å². The molecule has 1 heterocycles. The van der Waals surface area contributed by atoms with Gasteiger partial charge in [0.2, 0.25) is 0 Å². The molecule has 5 heteroatoms. The first-order chi connectivity index (χ1) is 11.2. The third-order valence-corrected chi connectivity index (χ3v) is 4.31. The Morgan fingerprint density at radius 2 is 1.87 bits per heavy atom. The Morgan fingerprint density at radius 1 is 1.13 bits per heavy atom. The lowest BCUT2D eigenvalue weighted by Crippen LogP contribution is -2.19. The number of rotatable bonds is 3. The fraction of sp³-hybridized carbons (Fsp3) is 0.111. The molecule has 116 valence electrons. The molecule has 2 aromatic carbocycles. The number of nitrogens with one attached hydrogen (secondary N) is 1. The first-order valence-electron chi connectivity index (χ1n) is 7.15. The van der Waals surface area contributed by atoms with Crippen LogP contribution in [0.4, 0.5) is 5.69 Å². The fourth-order valence-electron chi connectivity index (χ4n) is 2.13. The topological polar surface area (TPSA) is 50.7 Å². The molecule has 0 unspecified atom stereocenters. The lowest BCUT2D eigenvalue weighted by Gasteiger charge is -2.00. The minimum absolute atomic E-state index is 0.127. The van der Waals surface area contributed by atoms with Gasteiger partial charge in [-0.3, -0.25) is 4.79 Å². The summed E-state index contributed by atoms with van der Waals surface area (Å²) in [6, 6.07) is 15.4. The maximum Gasteiger partial charge on any atom is 0.264 e. The third kappa shape index (κ3) is 3.63. The van der Waals surface area contributed by atoms with Crippen LogP contribution < -0.4 is 10.1 Å². The van der Waals surface area contributed by atoms with Crippen LogP contribution in [-0.2, 0) is 4.79 Å². The molecule has 1 aliphatic heterocycles. The van der Waals surface area contributed by atoms with Gasteiger partial charge in [0.15, 0.2) is 5.17 Å². The second-order valence-corrected chi connectivity index (χ2v) is 6.07. The van der Waals surface area contributed by atoms with Crippen molar-refractivity contribution in [2.24, 2.45) is 4.99 Å². The Balaban J connectivity index is 1.82. The summed E-state index contributed by atoms with van der Waals surface area (Å²) in [5, 5.41) is 3.40. The van der Waals surface area contributed by atoms with Crippen LogP contribution in [0.5, 0.6) is 5.75 Å². The van der Waals surface area contributed by atoms with E-state index in [1.807, 2.05) is 61.5 Å². The number of methoxy groups -OCH3 is 1. The number of ether oxygens (including phenoxy) is 1. The predicted octanol–water partition coefficient (Wildman–Crippen LogP) is 3.90. The molecule has 0 spiro atoms. The van der Waals surface area contributed by atoms with E-state index in [2.05, 4.69) is 10.3 Å². The Kier molecular flexibility index (Phi) is 4.48. The molecule has 0 radical (unpaired) electrons. The molecule has 0 bridgehead atoms. The zero-order chi connectivity index (χ0) is 16.2. The molecular weight excluding hydrogens is 308 g/mol. The standard InChI is InChI=1S/C18H16N2O2S/c1-12-5-3-4-6-15(12)19-18-20-17(21)16(23-18)11-13-7-9-14(22-2)10-8-13/h3-11H,1-2H3,(H,19,20,21)/b16-11-. The van der Waals surface area contributed by atoms with Gasteiger partial charge in [-0.1, -0.05) is 30.3 Å². The highest BCUT2D eigenvalue weighted by molar-refractivity contribution is 8.18. The van der Waals surface area contributed by atoms with Gasteiger partial charge >= 0.3 is 0 Å². The predicted molar refractivity (Wildman–Crippen MR) is 95.0 cm³/mol. The Bertz CT molecular complexity index is 795. The van der Waals surface area contributed by atoms with Gasteiger partial charge in [0, 0.05) is 0 Å². The van der Waals surface area contributed by atoms with E-state index in [0.29, 0.717) is 10.1 Å². The van der Waals surface area contributed by atoms with Crippen LogP contribution in [0.15, 0.2) is 58.4 Å². The average molecular weight is 324 g/mol. The first-order valence-corrected chi connectivity index (χ1v) is 7.96. The number of hydrogen-bond acceptors (Lipinski definition) is 4. The minimum Gasteiger partial charge on any atom is -0.497 e. The molecule has 0 atom stereocenters. The number of benzene rings is 2. The lowest BCUT2D eigenvalue weighted by molar-refractivity contribution is -0.115. The molecule has 1 N–H and O–H groups in total. The molecule has 1 aliphatic rings. The van der Waals surface area contributed by atoms with Gasteiger partial charge in [0.05, 0.1) is 17.7 Å². The van der Waals surface area contributed by atoms with Crippen molar-refractivity contribution in [2.45, 2.75) is 6.92 Å². The number of thioether (sulfide) groups is 1. The van der Waals surface area contributed by atoms with Crippen molar-refractivity contribution in [3.63, 3.8) is 0 Å². The number of hydrogen-bond donors (Lipinski definition) is 1. The molecule has 1 amide bonds. The number of para-hydroxylation sites is 1. The van der Waals surface area contributed by atoms with Crippen LogP contribution in [0, 0.1) is 6.92 Å². The quantitative estimate of drug-likeness (QED) is 0.871. The summed E-state index contributed by atoms with van der Waals surface area (Å²) in [6.45, 7) is 1.99. The van der Waals surface area contributed by atoms with Crippen molar-refractivity contribution < 1.29 is 9.53 Å². The van der Waals surface area contributed by atoms with E-state index in [-0.39, 0.29) is 5.91 Å². The van der Waals surface area contributed by atoms with Crippen molar-refractivity contribution in [3.05, 3.63) is 64.6 Å². The van der Waals surface area contributed by atoms with Crippen LogP contribution in [0.2, 0.25) is 0 Å². The Labute approximate surface area is 139 Å². The first kappa shape index (κ1) is 15.4. The van der Waals surface area contributed by atoms with E-state index >= 15 is 0 Å². The summed E-state index contributed by atoms with van der Waals surface area (Å²) < 4.78 is 5.13. The molecule has 3 rings (SSSR count). The Morgan fingerprint density at radius 3 is 2.57 bits per heavy atom. The van der Waals surface area contributed by atoms with Crippen LogP contribution in [0.1, 0.15) is 11.1 Å². The van der Waals surface area contributed by atoms with E-state index in [9.17, 15) is 4.79 Å². The summed E-state index contributed by atoms with van der Waals surface area (Å²) in [6.07, 6.45) is 1.85. The highest BCUT2D eigenvalue weighted by atomic mass is 32.2. The highest BCUT2D eigenvalue weighted by Gasteiger charge is 2.23. The second-order valence-electron chi connectivity index (χ2n) is 5.04. The molecule has 2 aromatic rings. The smallest absolute Gasteiger partial charge is 0.264 e. The summed E-state index contributed by atoms with van der Waals surface area (Å²) in [5.74, 6) is 0.663. The van der Waals surface area contributed by atoms with Crippen LogP contribution in [-0.4, -0.2) is 18.2 Å². The van der Waals surface area contributed by atoms with E-state index < -0.39 is 0 Å². The van der Waals surface area contributed by atoms with Gasteiger partial charge in [-0.2, -0.15) is 0 Å². The largest absolute Gasteiger partial charge is 0.497 e. The van der Waals surface area contributed by atoms with Crippen molar-refractivity contribution in [1.29, 1.82) is 0 Å². The van der Waals surface area contributed by atoms with Gasteiger partial charge in [0.1, 0.15) is 5.75 Å². The number of carbonyl (C=O) groups excluding carboxylic acids is 1. The molecule has 0 saturated carbocycles. The summed E-state index contributed by atoms with van der Waals surface area (Å²) in [7, 11) is 1.63. The fourth-order valence-corrected chi connectivity index (χ4v) is 2.97. The minimum atomic E-state index is -0.127. The number of amides is 1. The molecular formula is C18H16N2O2S. The maximum atomic E-state index is 12.1. The van der Waals surface area contributed by atoms with Gasteiger partial charge in [-0.05, 0) is 54.1 Å². The lowest BCUT2D eigenvalue weighted by atomic mass is 10.2. The number of nitrogens with zero attached hydrogens (tertiary/aromatic N) is 1. The van der Waals surface area contributed by atoms with Crippen molar-refractivity contribution in [2.75, 3.05) is 7.11 Å². The molecule has 4 nitrogen and oxygen atoms in total. The van der Waals surface area contributed by atoms with Crippen LogP contribution in [0.25, 0.3) is 6.08 Å². The molecule has 0 aliphatic carbocycles. The van der Waals surface area contributed by atoms with Gasteiger partial charge in [0.25, 0.3) is 5.91 Å². The zero-order valence-electron chi connectivity index (χ0n) is 12.9. The van der Waals surface area contributed by atoms with Gasteiger partial charge in [-0.15, -0.1) is 0 Å². The molecule has 23 heavy (non-hydrogen) atoms. The monoisotopic (exact) mass is 324 g/mol. The van der Waals surface area contributed by atoms with Gasteiger partial charge in [-0.25, -0.2) is 4.99 Å². The number of aryl methyl sites for hydroxylation is 1. The summed E-state index contributed by atoms with van der Waals surface area (Å²) in [4.78, 5) is 17.2. The van der Waals surface area contributed by atoms with Gasteiger partial charge < -0.3 is 10.1 Å². The maximum absolute atomic E-state index is 12.1. The van der Waals surface area contributed by atoms with Crippen LogP contribution in [0.3, 0.4) is 0 Å². The Hall–Kier alpha value is -2.53. The van der Waals surface area contributed by atoms with Crippen molar-refractivity contribution in [1.82, 2.24) is 5.32 Å². The molecule has 1 fully saturated rings. The normalized spacial score (nSPS) is 17.6. The SMILES string of the molecule is COc1ccc(/C=C2\SC(=Nc3ccccc3C)NC2=O)cc1. The zero-order valence-corrected chi connectivity index (χ0v) is 13.7.